The Morgan fingerprint density at radius 2 is 1.82 bits per heavy atom. The second-order valence-electron chi connectivity index (χ2n) is 6.13. The first-order valence-electron chi connectivity index (χ1n) is 7.78. The monoisotopic (exact) mass is 304 g/mol. The maximum atomic E-state index is 11.0. The molecule has 2 aliphatic heterocycles. The van der Waals surface area contributed by atoms with Crippen LogP contribution in [0.3, 0.4) is 0 Å². The van der Waals surface area contributed by atoms with E-state index in [1.807, 2.05) is 0 Å². The zero-order valence-electron chi connectivity index (χ0n) is 12.5. The third-order valence-electron chi connectivity index (χ3n) is 4.86. The highest BCUT2D eigenvalue weighted by Gasteiger charge is 2.43. The van der Waals surface area contributed by atoms with Gasteiger partial charge in [0.05, 0.1) is 13.2 Å². The highest BCUT2D eigenvalue weighted by Crippen LogP contribution is 2.41. The van der Waals surface area contributed by atoms with Crippen LogP contribution in [0.4, 0.5) is 10.5 Å². The lowest BCUT2D eigenvalue weighted by molar-refractivity contribution is -0.147. The first kappa shape index (κ1) is 13.8. The van der Waals surface area contributed by atoms with Gasteiger partial charge < -0.3 is 24.4 Å². The number of hydrogen-bond acceptors (Lipinski definition) is 4. The first-order valence-corrected chi connectivity index (χ1v) is 7.78. The number of carbonyl (C=O) groups is 1. The van der Waals surface area contributed by atoms with Gasteiger partial charge in [0.1, 0.15) is 0 Å². The minimum atomic E-state index is -0.829. The van der Waals surface area contributed by atoms with Crippen molar-refractivity contribution in [3.63, 3.8) is 0 Å². The molecule has 1 aromatic rings. The van der Waals surface area contributed by atoms with Gasteiger partial charge >= 0.3 is 6.09 Å². The van der Waals surface area contributed by atoms with E-state index in [2.05, 4.69) is 23.1 Å². The molecule has 0 radical (unpaired) electrons. The van der Waals surface area contributed by atoms with Crippen LogP contribution in [-0.2, 0) is 22.3 Å². The molecule has 0 atom stereocenters. The van der Waals surface area contributed by atoms with Crippen molar-refractivity contribution in [3.8, 4) is 0 Å². The Morgan fingerprint density at radius 3 is 2.50 bits per heavy atom. The number of rotatable bonds is 1. The molecule has 3 aliphatic rings. The van der Waals surface area contributed by atoms with Gasteiger partial charge in [0.2, 0.25) is 0 Å². The second kappa shape index (κ2) is 5.14. The van der Waals surface area contributed by atoms with E-state index in [4.69, 9.17) is 14.6 Å². The minimum Gasteiger partial charge on any atom is -0.465 e. The smallest absolute Gasteiger partial charge is 0.407 e. The molecule has 2 fully saturated rings. The Labute approximate surface area is 129 Å². The molecular formula is C16H20N2O4. The highest BCUT2D eigenvalue weighted by molar-refractivity contribution is 5.66. The summed E-state index contributed by atoms with van der Waals surface area (Å²) in [4.78, 5) is 14.8. The number of benzene rings is 1. The number of ether oxygens (including phenoxy) is 2. The van der Waals surface area contributed by atoms with Crippen molar-refractivity contribution < 1.29 is 19.4 Å². The van der Waals surface area contributed by atoms with E-state index in [9.17, 15) is 4.79 Å². The number of amides is 1. The van der Waals surface area contributed by atoms with E-state index >= 15 is 0 Å². The van der Waals surface area contributed by atoms with Crippen molar-refractivity contribution in [2.45, 2.75) is 18.6 Å². The van der Waals surface area contributed by atoms with Gasteiger partial charge in [-0.25, -0.2) is 4.79 Å². The molecular weight excluding hydrogens is 284 g/mol. The maximum Gasteiger partial charge on any atom is 0.407 e. The Hall–Kier alpha value is -1.79. The Kier molecular flexibility index (Phi) is 3.23. The number of hydrogen-bond donors (Lipinski definition) is 1. The Balaban J connectivity index is 1.55. The highest BCUT2D eigenvalue weighted by atomic mass is 16.7. The van der Waals surface area contributed by atoms with Crippen LogP contribution in [0.5, 0.6) is 0 Å². The van der Waals surface area contributed by atoms with Crippen LogP contribution in [0.15, 0.2) is 18.2 Å². The molecule has 0 saturated carbocycles. The molecule has 0 unspecified atom stereocenters. The van der Waals surface area contributed by atoms with Crippen molar-refractivity contribution >= 4 is 11.8 Å². The summed E-state index contributed by atoms with van der Waals surface area (Å²) in [7, 11) is 0. The average Bonchev–Trinajstić information content (AvgIpc) is 3.13. The molecule has 1 aromatic carbocycles. The fourth-order valence-corrected chi connectivity index (χ4v) is 3.75. The van der Waals surface area contributed by atoms with Gasteiger partial charge in [-0.3, -0.25) is 0 Å². The molecule has 1 amide bonds. The fraction of sp³-hybridized carbons (Fsp3) is 0.562. The van der Waals surface area contributed by atoms with Gasteiger partial charge in [-0.2, -0.15) is 0 Å². The number of carboxylic acid groups (broad SMARTS) is 1. The molecule has 1 N–H and O–H groups in total. The number of anilines is 1. The molecule has 1 spiro atoms. The molecule has 22 heavy (non-hydrogen) atoms. The molecule has 2 saturated heterocycles. The predicted molar refractivity (Wildman–Crippen MR) is 80.3 cm³/mol. The molecule has 2 heterocycles. The molecule has 4 rings (SSSR count). The van der Waals surface area contributed by atoms with E-state index in [-0.39, 0.29) is 0 Å². The number of nitrogens with zero attached hydrogens (tertiary/aromatic N) is 2. The molecule has 0 aromatic heterocycles. The van der Waals surface area contributed by atoms with Crippen molar-refractivity contribution in [1.29, 1.82) is 0 Å². The normalized spacial score (nSPS) is 23.1. The van der Waals surface area contributed by atoms with E-state index in [1.165, 1.54) is 21.7 Å². The quantitative estimate of drug-likeness (QED) is 0.848. The third-order valence-corrected chi connectivity index (χ3v) is 4.86. The molecule has 0 bridgehead atoms. The SMILES string of the molecule is O=C(O)N1CCN(c2cccc3c2CC2(C3)OCCO2)CC1. The van der Waals surface area contributed by atoms with E-state index in [0.29, 0.717) is 26.3 Å². The molecule has 6 nitrogen and oxygen atoms in total. The van der Waals surface area contributed by atoms with Gasteiger partial charge in [0, 0.05) is 44.7 Å². The Bertz CT molecular complexity index is 590. The lowest BCUT2D eigenvalue weighted by Crippen LogP contribution is -2.48. The largest absolute Gasteiger partial charge is 0.465 e. The average molecular weight is 304 g/mol. The van der Waals surface area contributed by atoms with Gasteiger partial charge in [0.15, 0.2) is 5.79 Å². The second-order valence-corrected chi connectivity index (χ2v) is 6.13. The van der Waals surface area contributed by atoms with Crippen molar-refractivity contribution in [3.05, 3.63) is 29.3 Å². The van der Waals surface area contributed by atoms with Crippen molar-refractivity contribution in [2.75, 3.05) is 44.3 Å². The van der Waals surface area contributed by atoms with Crippen molar-refractivity contribution in [1.82, 2.24) is 4.90 Å². The van der Waals surface area contributed by atoms with Gasteiger partial charge in [-0.1, -0.05) is 12.1 Å². The van der Waals surface area contributed by atoms with Crippen LogP contribution in [0, 0.1) is 0 Å². The number of piperazine rings is 1. The first-order chi connectivity index (χ1) is 10.7. The van der Waals surface area contributed by atoms with Gasteiger partial charge in [0.25, 0.3) is 0 Å². The maximum absolute atomic E-state index is 11.0. The lowest BCUT2D eigenvalue weighted by Gasteiger charge is -2.35. The van der Waals surface area contributed by atoms with E-state index in [1.54, 1.807) is 0 Å². The van der Waals surface area contributed by atoms with Gasteiger partial charge in [-0.05, 0) is 17.2 Å². The standard InChI is InChI=1S/C16H20N2O4/c19-15(20)18-6-4-17(5-7-18)14-3-1-2-12-10-16(11-13(12)14)21-8-9-22-16/h1-3H,4-11H2,(H,19,20). The van der Waals surface area contributed by atoms with Crippen LogP contribution in [0.25, 0.3) is 0 Å². The summed E-state index contributed by atoms with van der Waals surface area (Å²) in [5.74, 6) is -0.457. The topological polar surface area (TPSA) is 62.2 Å². The summed E-state index contributed by atoms with van der Waals surface area (Å²) < 4.78 is 11.7. The summed E-state index contributed by atoms with van der Waals surface area (Å²) in [6.45, 7) is 3.91. The van der Waals surface area contributed by atoms with Gasteiger partial charge in [-0.15, -0.1) is 0 Å². The van der Waals surface area contributed by atoms with Crippen LogP contribution < -0.4 is 4.90 Å². The summed E-state index contributed by atoms with van der Waals surface area (Å²) in [6, 6.07) is 6.35. The molecule has 6 heteroatoms. The van der Waals surface area contributed by atoms with Crippen LogP contribution in [0.1, 0.15) is 11.1 Å². The lowest BCUT2D eigenvalue weighted by atomic mass is 10.1. The summed E-state index contributed by atoms with van der Waals surface area (Å²) in [5.41, 5.74) is 3.80. The fourth-order valence-electron chi connectivity index (χ4n) is 3.75. The third kappa shape index (κ3) is 2.23. The minimum absolute atomic E-state index is 0.457. The van der Waals surface area contributed by atoms with E-state index in [0.717, 1.165) is 25.9 Å². The van der Waals surface area contributed by atoms with Crippen LogP contribution in [-0.4, -0.2) is 61.3 Å². The Morgan fingerprint density at radius 1 is 1.09 bits per heavy atom. The van der Waals surface area contributed by atoms with Crippen molar-refractivity contribution in [2.24, 2.45) is 0 Å². The van der Waals surface area contributed by atoms with Crippen LogP contribution >= 0.6 is 0 Å². The zero-order chi connectivity index (χ0) is 15.2. The summed E-state index contributed by atoms with van der Waals surface area (Å²) >= 11 is 0. The number of fused-ring (bicyclic) bond motifs is 1. The summed E-state index contributed by atoms with van der Waals surface area (Å²) in [6.07, 6.45) is 0.771. The molecule has 1 aliphatic carbocycles. The predicted octanol–water partition coefficient (Wildman–Crippen LogP) is 1.33. The summed E-state index contributed by atoms with van der Waals surface area (Å²) in [5, 5.41) is 9.06. The molecule has 118 valence electrons. The van der Waals surface area contributed by atoms with Crippen LogP contribution in [0.2, 0.25) is 0 Å². The van der Waals surface area contributed by atoms with E-state index < -0.39 is 11.9 Å². The zero-order valence-corrected chi connectivity index (χ0v) is 12.5.